The number of ketones is 1. The van der Waals surface area contributed by atoms with Gasteiger partial charge in [-0.1, -0.05) is 37.3 Å². The highest BCUT2D eigenvalue weighted by atomic mass is 19.1. The first kappa shape index (κ1) is 29.4. The van der Waals surface area contributed by atoms with Crippen LogP contribution in [0.5, 0.6) is 0 Å². The summed E-state index contributed by atoms with van der Waals surface area (Å²) in [7, 11) is 0. The highest BCUT2D eigenvalue weighted by molar-refractivity contribution is 6.08. The second kappa shape index (κ2) is 11.4. The lowest BCUT2D eigenvalue weighted by Crippen LogP contribution is -2.44. The molecule has 3 amide bonds. The summed E-state index contributed by atoms with van der Waals surface area (Å²) in [5, 5.41) is 7.12. The van der Waals surface area contributed by atoms with Gasteiger partial charge in [-0.15, -0.1) is 0 Å². The van der Waals surface area contributed by atoms with Gasteiger partial charge in [-0.3, -0.25) is 23.9 Å². The van der Waals surface area contributed by atoms with Crippen LogP contribution < -0.4 is 16.8 Å². The number of likely N-dealkylation sites (tertiary alicyclic amines) is 1. The third kappa shape index (κ3) is 5.34. The number of nitrogen functional groups attached to an aromatic ring is 1. The van der Waals surface area contributed by atoms with Crippen LogP contribution in [0.1, 0.15) is 40.6 Å². The van der Waals surface area contributed by atoms with Crippen LogP contribution in [0.4, 0.5) is 20.4 Å². The van der Waals surface area contributed by atoms with Gasteiger partial charge in [-0.2, -0.15) is 5.10 Å². The number of anilines is 2. The number of aromatic nitrogens is 4. The van der Waals surface area contributed by atoms with Gasteiger partial charge in [0.1, 0.15) is 24.3 Å². The maximum absolute atomic E-state index is 15.9. The van der Waals surface area contributed by atoms with Crippen molar-refractivity contribution in [3.63, 3.8) is 0 Å². The lowest BCUT2D eigenvalue weighted by Gasteiger charge is -2.24. The van der Waals surface area contributed by atoms with Crippen molar-refractivity contribution < 1.29 is 28.0 Å². The summed E-state index contributed by atoms with van der Waals surface area (Å²) in [6.07, 6.45) is -1.58. The van der Waals surface area contributed by atoms with Gasteiger partial charge in [0.05, 0.1) is 23.3 Å². The second-order valence-electron chi connectivity index (χ2n) is 10.8. The molecule has 0 radical (unpaired) electrons. The number of hydrogen-bond donors (Lipinski definition) is 4. The standard InChI is InChI=1S/C31H28F2N8O4/c1-2-24(42)19-10-15(11-21-27(19)38-31(35)37-21)17-7-5-8-20(26(17)33)36-30(45)23-12-16(32)13-40(23)25(43)14-41-22-9-4-3-6-18(22)28(39-41)29(34)44/h3-11,16,23H,2,12-14H2,1H3,(H2,34,44)(H,36,45)(H3,35,37,38)/t16-,23+/m1/s1. The molecule has 2 atom stereocenters. The molecule has 230 valence electrons. The van der Waals surface area contributed by atoms with E-state index in [0.29, 0.717) is 27.5 Å². The van der Waals surface area contributed by atoms with E-state index >= 15 is 4.39 Å². The van der Waals surface area contributed by atoms with E-state index in [2.05, 4.69) is 20.4 Å². The first-order valence-electron chi connectivity index (χ1n) is 14.2. The largest absolute Gasteiger partial charge is 0.369 e. The number of nitrogens with one attached hydrogen (secondary N) is 2. The molecule has 45 heavy (non-hydrogen) atoms. The van der Waals surface area contributed by atoms with Gasteiger partial charge < -0.3 is 26.7 Å². The average Bonchev–Trinajstić information content (AvgIpc) is 3.71. The summed E-state index contributed by atoms with van der Waals surface area (Å²) in [4.78, 5) is 59.4. The predicted molar refractivity (Wildman–Crippen MR) is 162 cm³/mol. The van der Waals surface area contributed by atoms with Crippen LogP contribution in [-0.2, 0) is 16.1 Å². The van der Waals surface area contributed by atoms with Gasteiger partial charge in [0.15, 0.2) is 23.2 Å². The van der Waals surface area contributed by atoms with Crippen LogP contribution >= 0.6 is 0 Å². The third-order valence-corrected chi connectivity index (χ3v) is 7.84. The maximum Gasteiger partial charge on any atom is 0.269 e. The Morgan fingerprint density at radius 3 is 2.64 bits per heavy atom. The number of carbonyl (C=O) groups excluding carboxylic acids is 4. The molecule has 12 nitrogen and oxygen atoms in total. The SMILES string of the molecule is CCC(=O)c1cc(-c2cccc(NC(=O)[C@@H]3C[C@@H](F)CN3C(=O)Cn3nc(C(N)=O)c4ccccc43)c2F)cc2[nH]c(N)nc12. The number of carbonyl (C=O) groups is 4. The van der Waals surface area contributed by atoms with Crippen molar-refractivity contribution >= 4 is 57.1 Å². The molecular weight excluding hydrogens is 586 g/mol. The lowest BCUT2D eigenvalue weighted by atomic mass is 9.98. The summed E-state index contributed by atoms with van der Waals surface area (Å²) < 4.78 is 31.8. The van der Waals surface area contributed by atoms with Crippen LogP contribution in [0, 0.1) is 5.82 Å². The molecule has 14 heteroatoms. The van der Waals surface area contributed by atoms with Crippen molar-refractivity contribution in [1.82, 2.24) is 24.6 Å². The van der Waals surface area contributed by atoms with Gasteiger partial charge in [0, 0.05) is 29.4 Å². The molecule has 1 saturated heterocycles. The molecule has 2 aromatic heterocycles. The zero-order valence-corrected chi connectivity index (χ0v) is 24.0. The minimum Gasteiger partial charge on any atom is -0.369 e. The highest BCUT2D eigenvalue weighted by Crippen LogP contribution is 2.33. The quantitative estimate of drug-likeness (QED) is 0.193. The van der Waals surface area contributed by atoms with Crippen molar-refractivity contribution in [3.05, 3.63) is 71.7 Å². The number of amides is 3. The number of rotatable bonds is 8. The highest BCUT2D eigenvalue weighted by Gasteiger charge is 2.40. The first-order valence-corrected chi connectivity index (χ1v) is 14.2. The topological polar surface area (TPSA) is 182 Å². The summed E-state index contributed by atoms with van der Waals surface area (Å²) in [6, 6.07) is 12.9. The molecule has 1 aliphatic heterocycles. The number of H-pyrrole nitrogens is 1. The zero-order chi connectivity index (χ0) is 32.0. The molecular formula is C31H28F2N8O4. The number of fused-ring (bicyclic) bond motifs is 2. The molecule has 0 unspecified atom stereocenters. The summed E-state index contributed by atoms with van der Waals surface area (Å²) in [6.45, 7) is 0.971. The normalized spacial score (nSPS) is 16.4. The molecule has 1 aliphatic rings. The Morgan fingerprint density at radius 2 is 1.89 bits per heavy atom. The number of benzene rings is 3. The number of alkyl halides is 1. The Kier molecular flexibility index (Phi) is 7.48. The van der Waals surface area contributed by atoms with Crippen LogP contribution in [0.2, 0.25) is 0 Å². The first-order chi connectivity index (χ1) is 21.5. The molecule has 0 aliphatic carbocycles. The molecule has 1 fully saturated rings. The zero-order valence-electron chi connectivity index (χ0n) is 24.0. The number of primary amides is 1. The number of hydrogen-bond acceptors (Lipinski definition) is 7. The van der Waals surface area contributed by atoms with Crippen molar-refractivity contribution in [1.29, 1.82) is 0 Å². The number of para-hydroxylation sites is 1. The predicted octanol–water partition coefficient (Wildman–Crippen LogP) is 3.57. The minimum absolute atomic E-state index is 0.0193. The van der Waals surface area contributed by atoms with Crippen LogP contribution in [0.25, 0.3) is 33.1 Å². The van der Waals surface area contributed by atoms with Gasteiger partial charge in [0.2, 0.25) is 11.8 Å². The summed E-state index contributed by atoms with van der Waals surface area (Å²) in [5.74, 6) is -3.06. The molecule has 6 rings (SSSR count). The molecule has 3 heterocycles. The molecule has 6 N–H and O–H groups in total. The van der Waals surface area contributed by atoms with Crippen molar-refractivity contribution in [2.24, 2.45) is 5.73 Å². The lowest BCUT2D eigenvalue weighted by molar-refractivity contribution is -0.137. The fourth-order valence-corrected chi connectivity index (χ4v) is 5.72. The smallest absolute Gasteiger partial charge is 0.269 e. The van der Waals surface area contributed by atoms with Crippen molar-refractivity contribution in [3.8, 4) is 11.1 Å². The van der Waals surface area contributed by atoms with Crippen molar-refractivity contribution in [2.75, 3.05) is 17.6 Å². The molecule has 0 bridgehead atoms. The van der Waals surface area contributed by atoms with Crippen LogP contribution in [-0.4, -0.2) is 66.9 Å². The maximum atomic E-state index is 15.9. The number of nitrogens with zero attached hydrogens (tertiary/aromatic N) is 4. The van der Waals surface area contributed by atoms with E-state index < -0.39 is 35.8 Å². The average molecular weight is 615 g/mol. The Balaban J connectivity index is 1.26. The summed E-state index contributed by atoms with van der Waals surface area (Å²) in [5.41, 5.74) is 13.0. The van der Waals surface area contributed by atoms with E-state index in [-0.39, 0.29) is 60.2 Å². The van der Waals surface area contributed by atoms with Crippen molar-refractivity contribution in [2.45, 2.75) is 38.5 Å². The fraction of sp³-hybridized carbons (Fsp3) is 0.226. The van der Waals surface area contributed by atoms with E-state index in [9.17, 15) is 23.6 Å². The molecule has 0 spiro atoms. The van der Waals surface area contributed by atoms with Crippen LogP contribution in [0.3, 0.4) is 0 Å². The van der Waals surface area contributed by atoms with Gasteiger partial charge in [-0.25, -0.2) is 13.8 Å². The van der Waals surface area contributed by atoms with Gasteiger partial charge in [0.25, 0.3) is 5.91 Å². The summed E-state index contributed by atoms with van der Waals surface area (Å²) >= 11 is 0. The Hall–Kier alpha value is -5.66. The molecule has 5 aromatic rings. The van der Waals surface area contributed by atoms with E-state index in [1.807, 2.05) is 0 Å². The Bertz CT molecular complexity index is 2020. The second-order valence-corrected chi connectivity index (χ2v) is 10.8. The van der Waals surface area contributed by atoms with E-state index in [1.54, 1.807) is 37.3 Å². The number of aromatic amines is 1. The molecule has 3 aromatic carbocycles. The number of nitrogens with two attached hydrogens (primary N) is 2. The van der Waals surface area contributed by atoms with Gasteiger partial charge in [-0.05, 0) is 29.8 Å². The van der Waals surface area contributed by atoms with E-state index in [4.69, 9.17) is 11.5 Å². The Labute approximate surface area is 254 Å². The van der Waals surface area contributed by atoms with E-state index in [0.717, 1.165) is 4.90 Å². The fourth-order valence-electron chi connectivity index (χ4n) is 5.72. The minimum atomic E-state index is -1.49. The number of Topliss-reactive ketones (excluding diaryl/α,β-unsaturated/α-hetero) is 1. The molecule has 0 saturated carbocycles. The van der Waals surface area contributed by atoms with E-state index in [1.165, 1.54) is 28.9 Å². The van der Waals surface area contributed by atoms with Gasteiger partial charge >= 0.3 is 0 Å². The third-order valence-electron chi connectivity index (χ3n) is 7.84. The Morgan fingerprint density at radius 1 is 1.11 bits per heavy atom. The monoisotopic (exact) mass is 614 g/mol. The van der Waals surface area contributed by atoms with Crippen LogP contribution in [0.15, 0.2) is 54.6 Å². The number of imidazole rings is 1. The number of halogens is 2.